The molecule has 0 aliphatic carbocycles. The van der Waals surface area contributed by atoms with Crippen molar-refractivity contribution in [2.75, 3.05) is 33.9 Å². The van der Waals surface area contributed by atoms with Gasteiger partial charge in [0.05, 0.1) is 20.5 Å². The van der Waals surface area contributed by atoms with E-state index < -0.39 is 0 Å². The fourth-order valence-electron chi connectivity index (χ4n) is 3.32. The Labute approximate surface area is 170 Å². The fourth-order valence-corrected chi connectivity index (χ4v) is 3.32. The molecule has 1 aliphatic heterocycles. The predicted molar refractivity (Wildman–Crippen MR) is 109 cm³/mol. The van der Waals surface area contributed by atoms with Gasteiger partial charge in [0.15, 0.2) is 11.5 Å². The quantitative estimate of drug-likeness (QED) is 0.725. The summed E-state index contributed by atoms with van der Waals surface area (Å²) in [7, 11) is 3.10. The summed E-state index contributed by atoms with van der Waals surface area (Å²) >= 11 is 0. The van der Waals surface area contributed by atoms with Gasteiger partial charge in [-0.25, -0.2) is 0 Å². The van der Waals surface area contributed by atoms with Crippen LogP contribution in [0.15, 0.2) is 47.1 Å². The molecule has 1 fully saturated rings. The van der Waals surface area contributed by atoms with E-state index in [0.29, 0.717) is 48.4 Å². The van der Waals surface area contributed by atoms with E-state index in [9.17, 15) is 9.59 Å². The van der Waals surface area contributed by atoms with Crippen LogP contribution in [0, 0.1) is 5.92 Å². The van der Waals surface area contributed by atoms with E-state index in [1.807, 2.05) is 4.90 Å². The van der Waals surface area contributed by atoms with E-state index in [-0.39, 0.29) is 11.8 Å². The van der Waals surface area contributed by atoms with E-state index in [1.54, 1.807) is 56.9 Å². The molecular weight excluding hydrogens is 372 g/mol. The van der Waals surface area contributed by atoms with Crippen molar-refractivity contribution < 1.29 is 23.5 Å². The average molecular weight is 398 g/mol. The Balaban J connectivity index is 1.45. The van der Waals surface area contributed by atoms with Gasteiger partial charge in [0, 0.05) is 31.3 Å². The van der Waals surface area contributed by atoms with Crippen molar-refractivity contribution in [3.05, 3.63) is 54.0 Å². The molecule has 29 heavy (non-hydrogen) atoms. The molecule has 1 aromatic carbocycles. The first-order valence-electron chi connectivity index (χ1n) is 9.61. The molecule has 2 heterocycles. The highest BCUT2D eigenvalue weighted by Gasteiger charge is 2.22. The zero-order valence-electron chi connectivity index (χ0n) is 16.7. The largest absolute Gasteiger partial charge is 0.493 e. The number of hydrogen-bond acceptors (Lipinski definition) is 5. The molecule has 2 aromatic rings. The molecule has 1 N–H and O–H groups in total. The second-order valence-electron chi connectivity index (χ2n) is 6.90. The highest BCUT2D eigenvalue weighted by Crippen LogP contribution is 2.27. The number of carbonyl (C=O) groups excluding carboxylic acids is 2. The third kappa shape index (κ3) is 5.40. The molecule has 0 radical (unpaired) electrons. The molecule has 3 rings (SSSR count). The minimum Gasteiger partial charge on any atom is -0.493 e. The van der Waals surface area contributed by atoms with Crippen LogP contribution < -0.4 is 14.8 Å². The molecule has 2 amide bonds. The summed E-state index contributed by atoms with van der Waals surface area (Å²) in [5, 5.41) is 2.98. The highest BCUT2D eigenvalue weighted by atomic mass is 16.5. The van der Waals surface area contributed by atoms with Gasteiger partial charge >= 0.3 is 0 Å². The van der Waals surface area contributed by atoms with Gasteiger partial charge in [-0.05, 0) is 55.2 Å². The summed E-state index contributed by atoms with van der Waals surface area (Å²) in [5.41, 5.74) is 0.526. The molecule has 7 nitrogen and oxygen atoms in total. The van der Waals surface area contributed by atoms with Crippen LogP contribution in [-0.2, 0) is 4.79 Å². The minimum absolute atomic E-state index is 0.0192. The average Bonchev–Trinajstić information content (AvgIpc) is 3.29. The van der Waals surface area contributed by atoms with Crippen molar-refractivity contribution in [2.45, 2.75) is 12.8 Å². The number of amides is 2. The lowest BCUT2D eigenvalue weighted by atomic mass is 9.96. The summed E-state index contributed by atoms with van der Waals surface area (Å²) in [6, 6.07) is 8.68. The van der Waals surface area contributed by atoms with Crippen molar-refractivity contribution in [3.63, 3.8) is 0 Å². The molecule has 154 valence electrons. The number of hydrogen-bond donors (Lipinski definition) is 1. The van der Waals surface area contributed by atoms with Crippen LogP contribution in [0.4, 0.5) is 0 Å². The molecule has 1 saturated heterocycles. The molecule has 1 aromatic heterocycles. The maximum atomic E-state index is 12.4. The Kier molecular flexibility index (Phi) is 6.94. The number of furan rings is 1. The Bertz CT molecular complexity index is 852. The molecule has 0 atom stereocenters. The first-order chi connectivity index (χ1) is 14.1. The molecule has 0 saturated carbocycles. The van der Waals surface area contributed by atoms with Gasteiger partial charge in [-0.15, -0.1) is 0 Å². The van der Waals surface area contributed by atoms with Gasteiger partial charge in [-0.3, -0.25) is 9.59 Å². The fraction of sp³-hybridized carbons (Fsp3) is 0.364. The lowest BCUT2D eigenvalue weighted by Crippen LogP contribution is -2.41. The van der Waals surface area contributed by atoms with E-state index in [2.05, 4.69) is 5.32 Å². The molecular formula is C22H26N2O5. The molecule has 0 spiro atoms. The number of piperidine rings is 1. The van der Waals surface area contributed by atoms with Crippen LogP contribution in [0.3, 0.4) is 0 Å². The summed E-state index contributed by atoms with van der Waals surface area (Å²) in [6.45, 7) is 1.94. The maximum Gasteiger partial charge on any atom is 0.251 e. The number of methoxy groups -OCH3 is 2. The Morgan fingerprint density at radius 2 is 1.93 bits per heavy atom. The van der Waals surface area contributed by atoms with Crippen LogP contribution in [0.25, 0.3) is 6.08 Å². The van der Waals surface area contributed by atoms with Crippen molar-refractivity contribution in [1.82, 2.24) is 10.2 Å². The predicted octanol–water partition coefficient (Wildman–Crippen LogP) is 2.98. The molecule has 1 aliphatic rings. The van der Waals surface area contributed by atoms with Gasteiger partial charge in [0.25, 0.3) is 5.91 Å². The molecule has 7 heteroatoms. The van der Waals surface area contributed by atoms with Crippen molar-refractivity contribution >= 4 is 17.9 Å². The summed E-state index contributed by atoms with van der Waals surface area (Å²) < 4.78 is 15.6. The van der Waals surface area contributed by atoms with Crippen molar-refractivity contribution in [2.24, 2.45) is 5.92 Å². The van der Waals surface area contributed by atoms with Crippen LogP contribution >= 0.6 is 0 Å². The number of carbonyl (C=O) groups is 2. The summed E-state index contributed by atoms with van der Waals surface area (Å²) in [5.74, 6) is 1.94. The Hall–Kier alpha value is -3.22. The van der Waals surface area contributed by atoms with Gasteiger partial charge in [0.1, 0.15) is 5.76 Å². The number of nitrogens with one attached hydrogen (secondary N) is 1. The topological polar surface area (TPSA) is 81.0 Å². The first kappa shape index (κ1) is 20.5. The molecule has 0 bridgehead atoms. The van der Waals surface area contributed by atoms with Gasteiger partial charge in [-0.1, -0.05) is 0 Å². The highest BCUT2D eigenvalue weighted by molar-refractivity contribution is 5.95. The normalized spacial score (nSPS) is 14.8. The van der Waals surface area contributed by atoms with E-state index in [4.69, 9.17) is 13.9 Å². The van der Waals surface area contributed by atoms with Crippen LogP contribution in [0.5, 0.6) is 11.5 Å². The Morgan fingerprint density at radius 1 is 1.17 bits per heavy atom. The number of likely N-dealkylation sites (tertiary alicyclic amines) is 1. The number of ether oxygens (including phenoxy) is 2. The van der Waals surface area contributed by atoms with Crippen LogP contribution in [0.2, 0.25) is 0 Å². The van der Waals surface area contributed by atoms with Crippen LogP contribution in [0.1, 0.15) is 29.0 Å². The molecule has 0 unspecified atom stereocenters. The minimum atomic E-state index is -0.147. The van der Waals surface area contributed by atoms with E-state index in [1.165, 1.54) is 6.08 Å². The second-order valence-corrected chi connectivity index (χ2v) is 6.90. The lowest BCUT2D eigenvalue weighted by molar-refractivity contribution is -0.127. The lowest BCUT2D eigenvalue weighted by Gasteiger charge is -2.31. The monoisotopic (exact) mass is 398 g/mol. The van der Waals surface area contributed by atoms with E-state index in [0.717, 1.165) is 12.8 Å². The standard InChI is InChI=1S/C22H26N2O5/c1-27-19-7-5-17(14-20(19)28-2)22(26)23-15-16-9-11-24(12-10-16)21(25)8-6-18-4-3-13-29-18/h3-8,13-14,16H,9-12,15H2,1-2H3,(H,23,26)/b8-6+. The van der Waals surface area contributed by atoms with Gasteiger partial charge < -0.3 is 24.1 Å². The SMILES string of the molecule is COc1ccc(C(=O)NCC2CCN(C(=O)/C=C/c3ccco3)CC2)cc1OC. The zero-order valence-corrected chi connectivity index (χ0v) is 16.7. The number of rotatable bonds is 7. The van der Waals surface area contributed by atoms with Gasteiger partial charge in [0.2, 0.25) is 5.91 Å². The summed E-state index contributed by atoms with van der Waals surface area (Å²) in [4.78, 5) is 26.5. The van der Waals surface area contributed by atoms with E-state index >= 15 is 0 Å². The Morgan fingerprint density at radius 3 is 2.59 bits per heavy atom. The third-order valence-corrected chi connectivity index (χ3v) is 5.06. The number of nitrogens with zero attached hydrogens (tertiary/aromatic N) is 1. The number of benzene rings is 1. The van der Waals surface area contributed by atoms with Gasteiger partial charge in [-0.2, -0.15) is 0 Å². The van der Waals surface area contributed by atoms with Crippen molar-refractivity contribution in [1.29, 1.82) is 0 Å². The maximum absolute atomic E-state index is 12.4. The first-order valence-corrected chi connectivity index (χ1v) is 9.61. The second kappa shape index (κ2) is 9.82. The third-order valence-electron chi connectivity index (χ3n) is 5.06. The van der Waals surface area contributed by atoms with Crippen molar-refractivity contribution in [3.8, 4) is 11.5 Å². The zero-order chi connectivity index (χ0) is 20.6. The van der Waals surface area contributed by atoms with Crippen LogP contribution in [-0.4, -0.2) is 50.6 Å². The summed E-state index contributed by atoms with van der Waals surface area (Å²) in [6.07, 6.45) is 6.50. The smallest absolute Gasteiger partial charge is 0.251 e.